The van der Waals surface area contributed by atoms with Crippen LogP contribution in [0.15, 0.2) is 66.8 Å². The van der Waals surface area contributed by atoms with Gasteiger partial charge in [-0.25, -0.2) is 0 Å². The van der Waals surface area contributed by atoms with E-state index in [4.69, 9.17) is 4.74 Å². The predicted octanol–water partition coefficient (Wildman–Crippen LogP) is 5.29. The molecule has 0 N–H and O–H groups in total. The molecule has 0 heterocycles. The third kappa shape index (κ3) is 4.77. The Morgan fingerprint density at radius 1 is 1.17 bits per heavy atom. The SMILES string of the molecule is COC1C=C[C]=CC1c1ccc(C(F)(F)F)cc1CN(C(C)=O)c1ccccc1. The molecule has 0 bridgehead atoms. The minimum absolute atomic E-state index is 0.0170. The third-order valence-corrected chi connectivity index (χ3v) is 4.89. The minimum Gasteiger partial charge on any atom is -0.376 e. The van der Waals surface area contributed by atoms with Gasteiger partial charge in [-0.05, 0) is 41.5 Å². The van der Waals surface area contributed by atoms with Crippen molar-refractivity contribution in [3.8, 4) is 0 Å². The molecule has 151 valence electrons. The van der Waals surface area contributed by atoms with Crippen molar-refractivity contribution in [2.45, 2.75) is 31.7 Å². The van der Waals surface area contributed by atoms with Gasteiger partial charge in [0.05, 0.1) is 18.2 Å². The molecular weight excluding hydrogens is 379 g/mol. The molecule has 1 aliphatic rings. The second kappa shape index (κ2) is 8.66. The molecule has 2 atom stereocenters. The number of hydrogen-bond donors (Lipinski definition) is 0. The number of anilines is 1. The molecule has 29 heavy (non-hydrogen) atoms. The average molecular weight is 400 g/mol. The molecular formula is C23H21F3NO2. The van der Waals surface area contributed by atoms with Crippen LogP contribution in [0.4, 0.5) is 18.9 Å². The summed E-state index contributed by atoms with van der Waals surface area (Å²) in [7, 11) is 1.55. The summed E-state index contributed by atoms with van der Waals surface area (Å²) in [6, 6.07) is 12.5. The smallest absolute Gasteiger partial charge is 0.376 e. The van der Waals surface area contributed by atoms with Gasteiger partial charge in [-0.3, -0.25) is 4.79 Å². The molecule has 1 amide bonds. The van der Waals surface area contributed by atoms with Crippen LogP contribution in [0.25, 0.3) is 0 Å². The lowest BCUT2D eigenvalue weighted by Gasteiger charge is -2.28. The molecule has 0 saturated heterocycles. The number of carbonyl (C=O) groups is 1. The number of hydrogen-bond acceptors (Lipinski definition) is 2. The number of rotatable bonds is 5. The van der Waals surface area contributed by atoms with Gasteiger partial charge in [-0.1, -0.05) is 42.5 Å². The van der Waals surface area contributed by atoms with Gasteiger partial charge in [-0.2, -0.15) is 13.2 Å². The maximum absolute atomic E-state index is 13.4. The van der Waals surface area contributed by atoms with Crippen LogP contribution in [-0.2, 0) is 22.3 Å². The van der Waals surface area contributed by atoms with Crippen molar-refractivity contribution in [1.82, 2.24) is 0 Å². The van der Waals surface area contributed by atoms with Gasteiger partial charge in [0.15, 0.2) is 0 Å². The van der Waals surface area contributed by atoms with Gasteiger partial charge in [-0.15, -0.1) is 0 Å². The van der Waals surface area contributed by atoms with Crippen LogP contribution in [-0.4, -0.2) is 19.1 Å². The number of benzene rings is 2. The van der Waals surface area contributed by atoms with Crippen LogP contribution >= 0.6 is 0 Å². The molecule has 0 fully saturated rings. The van der Waals surface area contributed by atoms with E-state index >= 15 is 0 Å². The number of ether oxygens (including phenoxy) is 1. The molecule has 1 aliphatic carbocycles. The standard InChI is InChI=1S/C23H21F3NO2/c1-16(28)27(19-8-4-3-5-9-19)15-17-14-18(23(24,25)26)12-13-20(17)21-10-6-7-11-22(21)29-2/h3-5,7-14,21-22H,15H2,1-2H3. The molecule has 3 rings (SSSR count). The fourth-order valence-corrected chi connectivity index (χ4v) is 3.42. The molecule has 0 saturated carbocycles. The van der Waals surface area contributed by atoms with E-state index in [0.29, 0.717) is 16.8 Å². The first-order valence-electron chi connectivity index (χ1n) is 9.13. The van der Waals surface area contributed by atoms with Crippen LogP contribution in [0.3, 0.4) is 0 Å². The van der Waals surface area contributed by atoms with Gasteiger partial charge < -0.3 is 9.64 Å². The second-order valence-electron chi connectivity index (χ2n) is 6.77. The van der Waals surface area contributed by atoms with E-state index in [1.807, 2.05) is 12.1 Å². The Bertz CT molecular complexity index is 919. The quantitative estimate of drug-likeness (QED) is 0.683. The Hall–Kier alpha value is -2.86. The zero-order chi connectivity index (χ0) is 21.0. The maximum atomic E-state index is 13.4. The highest BCUT2D eigenvalue weighted by Crippen LogP contribution is 2.36. The molecule has 1 radical (unpaired) electrons. The van der Waals surface area contributed by atoms with Gasteiger partial charge in [0.25, 0.3) is 0 Å². The Balaban J connectivity index is 2.07. The Labute approximate surface area is 168 Å². The lowest BCUT2D eigenvalue weighted by molar-refractivity contribution is -0.137. The zero-order valence-electron chi connectivity index (χ0n) is 16.1. The fraction of sp³-hybridized carbons (Fsp3) is 0.261. The highest BCUT2D eigenvalue weighted by molar-refractivity contribution is 5.91. The van der Waals surface area contributed by atoms with Crippen molar-refractivity contribution in [1.29, 1.82) is 0 Å². The van der Waals surface area contributed by atoms with Crippen molar-refractivity contribution < 1.29 is 22.7 Å². The molecule has 0 aliphatic heterocycles. The maximum Gasteiger partial charge on any atom is 0.416 e. The molecule has 0 spiro atoms. The predicted molar refractivity (Wildman–Crippen MR) is 105 cm³/mol. The molecule has 3 nitrogen and oxygen atoms in total. The number of allylic oxidation sites excluding steroid dienone is 2. The van der Waals surface area contributed by atoms with Crippen LogP contribution in [0.2, 0.25) is 0 Å². The third-order valence-electron chi connectivity index (χ3n) is 4.89. The summed E-state index contributed by atoms with van der Waals surface area (Å²) < 4.78 is 45.6. The van der Waals surface area contributed by atoms with E-state index < -0.39 is 11.7 Å². The number of methoxy groups -OCH3 is 1. The summed E-state index contributed by atoms with van der Waals surface area (Å²) in [5.74, 6) is -0.555. The monoisotopic (exact) mass is 400 g/mol. The highest BCUT2D eigenvalue weighted by Gasteiger charge is 2.33. The largest absolute Gasteiger partial charge is 0.416 e. The Morgan fingerprint density at radius 2 is 1.90 bits per heavy atom. The number of alkyl halides is 3. The number of nitrogens with zero attached hydrogens (tertiary/aromatic N) is 1. The molecule has 2 aromatic carbocycles. The van der Waals surface area contributed by atoms with Crippen molar-refractivity contribution in [3.63, 3.8) is 0 Å². The summed E-state index contributed by atoms with van der Waals surface area (Å²) in [5, 5.41) is 0. The number of carbonyl (C=O) groups excluding carboxylic acids is 1. The van der Waals surface area contributed by atoms with E-state index in [1.54, 1.807) is 43.5 Å². The molecule has 6 heteroatoms. The highest BCUT2D eigenvalue weighted by atomic mass is 19.4. The lowest BCUT2D eigenvalue weighted by Crippen LogP contribution is -2.29. The normalized spacial score (nSPS) is 18.7. The van der Waals surface area contributed by atoms with Gasteiger partial charge >= 0.3 is 6.18 Å². The zero-order valence-corrected chi connectivity index (χ0v) is 16.1. The summed E-state index contributed by atoms with van der Waals surface area (Å²) in [5.41, 5.74) is 0.960. The van der Waals surface area contributed by atoms with Gasteiger partial charge in [0.1, 0.15) is 0 Å². The van der Waals surface area contributed by atoms with Crippen molar-refractivity contribution in [2.75, 3.05) is 12.0 Å². The minimum atomic E-state index is -4.48. The average Bonchev–Trinajstić information content (AvgIpc) is 2.71. The Morgan fingerprint density at radius 3 is 2.52 bits per heavy atom. The van der Waals surface area contributed by atoms with Crippen molar-refractivity contribution in [2.24, 2.45) is 0 Å². The topological polar surface area (TPSA) is 29.5 Å². The van der Waals surface area contributed by atoms with Crippen molar-refractivity contribution >= 4 is 11.6 Å². The van der Waals surface area contributed by atoms with Crippen molar-refractivity contribution in [3.05, 3.63) is 89.5 Å². The number of amides is 1. The van der Waals surface area contributed by atoms with Crippen LogP contribution in [0.1, 0.15) is 29.5 Å². The van der Waals surface area contributed by atoms with Crippen LogP contribution in [0, 0.1) is 6.08 Å². The Kier molecular flexibility index (Phi) is 6.23. The van der Waals surface area contributed by atoms with Gasteiger partial charge in [0, 0.05) is 25.6 Å². The first kappa shape index (κ1) is 20.9. The summed E-state index contributed by atoms with van der Waals surface area (Å²) in [6.45, 7) is 1.42. The lowest BCUT2D eigenvalue weighted by atomic mass is 9.86. The summed E-state index contributed by atoms with van der Waals surface area (Å²) in [4.78, 5) is 13.8. The van der Waals surface area contributed by atoms with E-state index in [0.717, 1.165) is 12.1 Å². The first-order valence-corrected chi connectivity index (χ1v) is 9.13. The number of para-hydroxylation sites is 1. The van der Waals surface area contributed by atoms with E-state index in [9.17, 15) is 18.0 Å². The summed E-state index contributed by atoms with van der Waals surface area (Å²) >= 11 is 0. The van der Waals surface area contributed by atoms with Gasteiger partial charge in [0.2, 0.25) is 5.91 Å². The van der Waals surface area contributed by atoms with Crippen LogP contribution in [0.5, 0.6) is 0 Å². The fourth-order valence-electron chi connectivity index (χ4n) is 3.42. The van der Waals surface area contributed by atoms with E-state index in [-0.39, 0.29) is 24.5 Å². The first-order chi connectivity index (χ1) is 13.8. The molecule has 2 aromatic rings. The number of halogens is 3. The van der Waals surface area contributed by atoms with E-state index in [2.05, 4.69) is 6.08 Å². The van der Waals surface area contributed by atoms with Crippen LogP contribution < -0.4 is 4.90 Å². The second-order valence-corrected chi connectivity index (χ2v) is 6.77. The molecule has 0 aromatic heterocycles. The van der Waals surface area contributed by atoms with E-state index in [1.165, 1.54) is 17.9 Å². The molecule has 2 unspecified atom stereocenters. The summed E-state index contributed by atoms with van der Waals surface area (Å²) in [6.07, 6.45) is 3.50.